The Labute approximate surface area is 178 Å². The van der Waals surface area contributed by atoms with Crippen LogP contribution in [0.15, 0.2) is 60.8 Å². The van der Waals surface area contributed by atoms with Crippen LogP contribution >= 0.6 is 0 Å². The molecule has 1 fully saturated rings. The van der Waals surface area contributed by atoms with Gasteiger partial charge in [0.1, 0.15) is 5.82 Å². The molecule has 0 atom stereocenters. The van der Waals surface area contributed by atoms with E-state index < -0.39 is 11.9 Å². The van der Waals surface area contributed by atoms with Gasteiger partial charge in [0.25, 0.3) is 0 Å². The maximum absolute atomic E-state index is 13.9. The minimum Gasteiger partial charge on any atom is -0.464 e. The Bertz CT molecular complexity index is 996. The van der Waals surface area contributed by atoms with Crippen LogP contribution in [0.25, 0.3) is 5.69 Å². The highest BCUT2D eigenvalue weighted by molar-refractivity contribution is 5.36. The van der Waals surface area contributed by atoms with E-state index in [9.17, 15) is 17.6 Å². The summed E-state index contributed by atoms with van der Waals surface area (Å²) in [6.07, 6.45) is -1.93. The molecule has 8 heteroatoms. The summed E-state index contributed by atoms with van der Waals surface area (Å²) in [6.45, 7) is 2.40. The Morgan fingerprint density at radius 2 is 1.65 bits per heavy atom. The van der Waals surface area contributed by atoms with Crippen molar-refractivity contribution in [3.05, 3.63) is 77.9 Å². The van der Waals surface area contributed by atoms with Crippen LogP contribution in [0.4, 0.5) is 17.6 Å². The van der Waals surface area contributed by atoms with Gasteiger partial charge in [-0.15, -0.1) is 0 Å². The first-order valence-corrected chi connectivity index (χ1v) is 10.2. The Morgan fingerprint density at radius 1 is 0.968 bits per heavy atom. The predicted molar refractivity (Wildman–Crippen MR) is 108 cm³/mol. The van der Waals surface area contributed by atoms with Gasteiger partial charge in [0.15, 0.2) is 5.69 Å². The summed E-state index contributed by atoms with van der Waals surface area (Å²) in [6, 6.07) is 15.4. The number of nitrogens with zero attached hydrogens (tertiary/aromatic N) is 3. The Kier molecular flexibility index (Phi) is 6.27. The fraction of sp³-hybridized carbons (Fsp3) is 0.348. The van der Waals surface area contributed by atoms with Crippen molar-refractivity contribution in [2.45, 2.75) is 25.6 Å². The van der Waals surface area contributed by atoms with Crippen molar-refractivity contribution in [2.24, 2.45) is 5.92 Å². The molecule has 0 saturated carbocycles. The van der Waals surface area contributed by atoms with Crippen molar-refractivity contribution in [1.82, 2.24) is 14.5 Å². The first-order valence-electron chi connectivity index (χ1n) is 10.2. The monoisotopic (exact) mass is 433 g/mol. The van der Waals surface area contributed by atoms with Crippen LogP contribution in [0.5, 0.6) is 6.01 Å². The van der Waals surface area contributed by atoms with Crippen LogP contribution in [0.2, 0.25) is 0 Å². The smallest absolute Gasteiger partial charge is 0.435 e. The summed E-state index contributed by atoms with van der Waals surface area (Å²) in [4.78, 5) is 5.87. The number of alkyl halides is 3. The highest BCUT2D eigenvalue weighted by Crippen LogP contribution is 2.32. The lowest BCUT2D eigenvalue weighted by Gasteiger charge is -2.31. The molecule has 2 heterocycles. The Balaban J connectivity index is 1.37. The van der Waals surface area contributed by atoms with Gasteiger partial charge in [-0.05, 0) is 50.0 Å². The average molecular weight is 433 g/mol. The molecule has 0 amide bonds. The highest BCUT2D eigenvalue weighted by atomic mass is 19.4. The molecule has 0 unspecified atom stereocenters. The zero-order valence-electron chi connectivity index (χ0n) is 16.9. The van der Waals surface area contributed by atoms with Crippen molar-refractivity contribution in [3.8, 4) is 11.7 Å². The van der Waals surface area contributed by atoms with Gasteiger partial charge in [0.2, 0.25) is 0 Å². The molecule has 1 aromatic heterocycles. The average Bonchev–Trinajstić information content (AvgIpc) is 3.20. The van der Waals surface area contributed by atoms with Gasteiger partial charge in [-0.3, -0.25) is 9.47 Å². The van der Waals surface area contributed by atoms with E-state index in [2.05, 4.69) is 9.88 Å². The normalized spacial score (nSPS) is 15.9. The van der Waals surface area contributed by atoms with Crippen LogP contribution in [0.1, 0.15) is 24.1 Å². The molecule has 0 N–H and O–H groups in total. The fourth-order valence-electron chi connectivity index (χ4n) is 3.75. The summed E-state index contributed by atoms with van der Waals surface area (Å²) in [5, 5.41) is 0. The van der Waals surface area contributed by atoms with E-state index in [1.54, 1.807) is 42.5 Å². The van der Waals surface area contributed by atoms with E-state index in [1.165, 1.54) is 10.6 Å². The predicted octanol–water partition coefficient (Wildman–Crippen LogP) is 5.32. The lowest BCUT2D eigenvalue weighted by atomic mass is 9.97. The molecule has 1 saturated heterocycles. The number of benzene rings is 2. The Morgan fingerprint density at radius 3 is 2.32 bits per heavy atom. The molecule has 1 aliphatic rings. The first kappa shape index (κ1) is 21.4. The van der Waals surface area contributed by atoms with E-state index in [4.69, 9.17) is 4.74 Å². The molecule has 0 bridgehead atoms. The zero-order valence-corrected chi connectivity index (χ0v) is 16.9. The van der Waals surface area contributed by atoms with Gasteiger partial charge in [-0.25, -0.2) is 4.39 Å². The number of para-hydroxylation sites is 1. The summed E-state index contributed by atoms with van der Waals surface area (Å²) >= 11 is 0. The topological polar surface area (TPSA) is 30.3 Å². The number of hydrogen-bond acceptors (Lipinski definition) is 3. The molecular formula is C23H23F4N3O. The minimum absolute atomic E-state index is 0.0627. The SMILES string of the molecule is Fc1ccccc1CN1CCC(COc2nc(C(F)(F)F)cn2-c2ccccc2)CC1. The lowest BCUT2D eigenvalue weighted by molar-refractivity contribution is -0.141. The lowest BCUT2D eigenvalue weighted by Crippen LogP contribution is -2.35. The van der Waals surface area contributed by atoms with Crippen LogP contribution in [0, 0.1) is 11.7 Å². The van der Waals surface area contributed by atoms with E-state index >= 15 is 0 Å². The Hall–Kier alpha value is -2.87. The number of hydrogen-bond donors (Lipinski definition) is 0. The zero-order chi connectivity index (χ0) is 21.8. The standard InChI is InChI=1S/C23H23F4N3O/c24-20-9-5-4-6-18(20)14-29-12-10-17(11-13-29)16-31-22-28-21(23(25,26)27)15-30(22)19-7-2-1-3-8-19/h1-9,15,17H,10-14,16H2. The fourth-order valence-corrected chi connectivity index (χ4v) is 3.75. The van der Waals surface area contributed by atoms with E-state index in [0.717, 1.165) is 32.1 Å². The second-order valence-electron chi connectivity index (χ2n) is 7.73. The van der Waals surface area contributed by atoms with E-state index in [-0.39, 0.29) is 24.4 Å². The molecule has 3 aromatic rings. The van der Waals surface area contributed by atoms with Gasteiger partial charge in [0.05, 0.1) is 12.3 Å². The molecule has 0 radical (unpaired) electrons. The highest BCUT2D eigenvalue weighted by Gasteiger charge is 2.35. The molecule has 0 spiro atoms. The number of aromatic nitrogens is 2. The van der Waals surface area contributed by atoms with Crippen LogP contribution < -0.4 is 4.74 Å². The quantitative estimate of drug-likeness (QED) is 0.493. The van der Waals surface area contributed by atoms with Crippen molar-refractivity contribution < 1.29 is 22.3 Å². The van der Waals surface area contributed by atoms with Crippen LogP contribution in [-0.2, 0) is 12.7 Å². The summed E-state index contributed by atoms with van der Waals surface area (Å²) in [5.74, 6) is -0.00620. The molecule has 4 rings (SSSR count). The number of halogens is 4. The molecule has 164 valence electrons. The summed E-state index contributed by atoms with van der Waals surface area (Å²) in [7, 11) is 0. The first-order chi connectivity index (χ1) is 14.9. The largest absolute Gasteiger partial charge is 0.464 e. The molecule has 1 aliphatic heterocycles. The van der Waals surface area contributed by atoms with Crippen LogP contribution in [-0.4, -0.2) is 34.1 Å². The molecule has 2 aromatic carbocycles. The number of imidazole rings is 1. The molecular weight excluding hydrogens is 410 g/mol. The van der Waals surface area contributed by atoms with Crippen molar-refractivity contribution in [2.75, 3.05) is 19.7 Å². The minimum atomic E-state index is -4.55. The number of rotatable bonds is 6. The summed E-state index contributed by atoms with van der Waals surface area (Å²) < 4.78 is 60.5. The van der Waals surface area contributed by atoms with Gasteiger partial charge in [0, 0.05) is 18.3 Å². The maximum Gasteiger partial charge on any atom is 0.435 e. The number of piperidine rings is 1. The third-order valence-corrected chi connectivity index (χ3v) is 5.51. The maximum atomic E-state index is 13.9. The van der Waals surface area contributed by atoms with Gasteiger partial charge in [-0.1, -0.05) is 36.4 Å². The molecule has 4 nitrogen and oxygen atoms in total. The second-order valence-corrected chi connectivity index (χ2v) is 7.73. The van der Waals surface area contributed by atoms with Gasteiger partial charge in [-0.2, -0.15) is 18.2 Å². The summed E-state index contributed by atoms with van der Waals surface area (Å²) in [5.41, 5.74) is 0.244. The van der Waals surface area contributed by atoms with Crippen molar-refractivity contribution >= 4 is 0 Å². The van der Waals surface area contributed by atoms with Crippen molar-refractivity contribution in [1.29, 1.82) is 0 Å². The van der Waals surface area contributed by atoms with E-state index in [0.29, 0.717) is 17.8 Å². The van der Waals surface area contributed by atoms with Gasteiger partial charge >= 0.3 is 12.2 Å². The molecule has 0 aliphatic carbocycles. The number of ether oxygens (including phenoxy) is 1. The third kappa shape index (κ3) is 5.25. The second kappa shape index (κ2) is 9.09. The van der Waals surface area contributed by atoms with Crippen LogP contribution in [0.3, 0.4) is 0 Å². The van der Waals surface area contributed by atoms with Gasteiger partial charge < -0.3 is 4.74 Å². The third-order valence-electron chi connectivity index (χ3n) is 5.51. The van der Waals surface area contributed by atoms with E-state index in [1.807, 2.05) is 6.07 Å². The number of likely N-dealkylation sites (tertiary alicyclic amines) is 1. The molecule has 31 heavy (non-hydrogen) atoms. The van der Waals surface area contributed by atoms with Crippen molar-refractivity contribution in [3.63, 3.8) is 0 Å².